The summed E-state index contributed by atoms with van der Waals surface area (Å²) in [5.74, 6) is -1.19. The van der Waals surface area contributed by atoms with E-state index in [-0.39, 0.29) is 5.91 Å². The molecule has 0 spiro atoms. The minimum atomic E-state index is -0.946. The number of carbonyl (C=O) groups excluding carboxylic acids is 1. The van der Waals surface area contributed by atoms with Crippen molar-refractivity contribution in [1.82, 2.24) is 14.9 Å². The SMILES string of the molecule is Cc1nc(-c2ccccn2)sc1C(=O)N1CCCC1C(=O)O. The highest BCUT2D eigenvalue weighted by Gasteiger charge is 2.35. The smallest absolute Gasteiger partial charge is 0.326 e. The second-order valence-electron chi connectivity index (χ2n) is 5.14. The monoisotopic (exact) mass is 317 g/mol. The van der Waals surface area contributed by atoms with E-state index in [1.54, 1.807) is 13.1 Å². The number of likely N-dealkylation sites (tertiary alicyclic amines) is 1. The van der Waals surface area contributed by atoms with Crippen LogP contribution >= 0.6 is 11.3 Å². The quantitative estimate of drug-likeness (QED) is 0.938. The molecule has 1 unspecified atom stereocenters. The molecule has 1 atom stereocenters. The van der Waals surface area contributed by atoms with E-state index >= 15 is 0 Å². The second kappa shape index (κ2) is 5.84. The van der Waals surface area contributed by atoms with Crippen molar-refractivity contribution in [3.63, 3.8) is 0 Å². The third kappa shape index (κ3) is 2.59. The van der Waals surface area contributed by atoms with Crippen molar-refractivity contribution in [1.29, 1.82) is 0 Å². The number of amides is 1. The molecule has 22 heavy (non-hydrogen) atoms. The van der Waals surface area contributed by atoms with Crippen LogP contribution in [0.1, 0.15) is 28.2 Å². The largest absolute Gasteiger partial charge is 0.480 e. The van der Waals surface area contributed by atoms with Gasteiger partial charge >= 0.3 is 5.97 Å². The average Bonchev–Trinajstić information content (AvgIpc) is 3.14. The summed E-state index contributed by atoms with van der Waals surface area (Å²) in [6.07, 6.45) is 2.90. The Bertz CT molecular complexity index is 714. The molecule has 1 N–H and O–H groups in total. The summed E-state index contributed by atoms with van der Waals surface area (Å²) in [7, 11) is 0. The summed E-state index contributed by atoms with van der Waals surface area (Å²) >= 11 is 1.26. The molecule has 1 saturated heterocycles. The van der Waals surface area contributed by atoms with Gasteiger partial charge in [-0.2, -0.15) is 0 Å². The number of nitrogens with zero attached hydrogens (tertiary/aromatic N) is 3. The van der Waals surface area contributed by atoms with Crippen molar-refractivity contribution >= 4 is 23.2 Å². The first kappa shape index (κ1) is 14.6. The highest BCUT2D eigenvalue weighted by atomic mass is 32.1. The predicted molar refractivity (Wildman–Crippen MR) is 81.8 cm³/mol. The molecular formula is C15H15N3O3S. The predicted octanol–water partition coefficient (Wildman–Crippen LogP) is 2.20. The Balaban J connectivity index is 1.91. The lowest BCUT2D eigenvalue weighted by atomic mass is 10.2. The Morgan fingerprint density at radius 1 is 1.41 bits per heavy atom. The molecule has 7 heteroatoms. The van der Waals surface area contributed by atoms with E-state index in [1.807, 2.05) is 18.2 Å². The van der Waals surface area contributed by atoms with Crippen LogP contribution in [0.4, 0.5) is 0 Å². The third-order valence-electron chi connectivity index (χ3n) is 3.67. The van der Waals surface area contributed by atoms with Crippen molar-refractivity contribution in [2.45, 2.75) is 25.8 Å². The first-order valence-corrected chi connectivity index (χ1v) is 7.82. The van der Waals surface area contributed by atoms with E-state index in [9.17, 15) is 14.7 Å². The maximum Gasteiger partial charge on any atom is 0.326 e. The van der Waals surface area contributed by atoms with E-state index in [0.717, 1.165) is 0 Å². The van der Waals surface area contributed by atoms with Gasteiger partial charge in [0, 0.05) is 12.7 Å². The summed E-state index contributed by atoms with van der Waals surface area (Å²) in [4.78, 5) is 34.4. The molecule has 1 aliphatic heterocycles. The number of thiazole rings is 1. The molecule has 2 aromatic heterocycles. The zero-order valence-electron chi connectivity index (χ0n) is 12.0. The second-order valence-corrected chi connectivity index (χ2v) is 6.14. The zero-order chi connectivity index (χ0) is 15.7. The van der Waals surface area contributed by atoms with Crippen LogP contribution in [0.3, 0.4) is 0 Å². The maximum absolute atomic E-state index is 12.6. The van der Waals surface area contributed by atoms with Crippen molar-refractivity contribution in [2.75, 3.05) is 6.54 Å². The Labute approximate surface area is 131 Å². The van der Waals surface area contributed by atoms with Crippen LogP contribution in [-0.4, -0.2) is 44.4 Å². The van der Waals surface area contributed by atoms with Crippen LogP contribution in [0.25, 0.3) is 10.7 Å². The number of aryl methyl sites for hydroxylation is 1. The molecule has 3 heterocycles. The van der Waals surface area contributed by atoms with Gasteiger partial charge in [-0.1, -0.05) is 6.07 Å². The van der Waals surface area contributed by atoms with Crippen LogP contribution in [0.5, 0.6) is 0 Å². The molecule has 0 saturated carbocycles. The van der Waals surface area contributed by atoms with Gasteiger partial charge in [0.1, 0.15) is 15.9 Å². The van der Waals surface area contributed by atoms with Crippen molar-refractivity contribution in [3.8, 4) is 10.7 Å². The molecule has 6 nitrogen and oxygen atoms in total. The third-order valence-corrected chi connectivity index (χ3v) is 4.84. The Morgan fingerprint density at radius 2 is 2.23 bits per heavy atom. The van der Waals surface area contributed by atoms with Crippen molar-refractivity contribution in [3.05, 3.63) is 35.0 Å². The number of carboxylic acid groups (broad SMARTS) is 1. The summed E-state index contributed by atoms with van der Waals surface area (Å²) in [6, 6.07) is 4.79. The Morgan fingerprint density at radius 3 is 2.91 bits per heavy atom. The number of hydrogen-bond donors (Lipinski definition) is 1. The molecule has 2 aromatic rings. The normalized spacial score (nSPS) is 17.7. The van der Waals surface area contributed by atoms with Crippen molar-refractivity contribution in [2.24, 2.45) is 0 Å². The first-order valence-electron chi connectivity index (χ1n) is 7.00. The first-order chi connectivity index (χ1) is 10.6. The van der Waals surface area contributed by atoms with E-state index in [4.69, 9.17) is 0 Å². The lowest BCUT2D eigenvalue weighted by molar-refractivity contribution is -0.141. The molecule has 0 bridgehead atoms. The van der Waals surface area contributed by atoms with Gasteiger partial charge in [-0.25, -0.2) is 9.78 Å². The highest BCUT2D eigenvalue weighted by molar-refractivity contribution is 7.17. The number of rotatable bonds is 3. The summed E-state index contributed by atoms with van der Waals surface area (Å²) in [6.45, 7) is 2.24. The fourth-order valence-corrected chi connectivity index (χ4v) is 3.59. The van der Waals surface area contributed by atoms with E-state index in [0.29, 0.717) is 40.7 Å². The molecule has 114 valence electrons. The van der Waals surface area contributed by atoms with Crippen molar-refractivity contribution < 1.29 is 14.7 Å². The lowest BCUT2D eigenvalue weighted by Crippen LogP contribution is -2.40. The van der Waals surface area contributed by atoms with Crippen LogP contribution in [0, 0.1) is 6.92 Å². The van der Waals surface area contributed by atoms with Gasteiger partial charge in [0.25, 0.3) is 5.91 Å². The highest BCUT2D eigenvalue weighted by Crippen LogP contribution is 2.29. The molecule has 0 radical (unpaired) electrons. The summed E-state index contributed by atoms with van der Waals surface area (Å²) in [5.41, 5.74) is 1.33. The van der Waals surface area contributed by atoms with Crippen LogP contribution in [0.15, 0.2) is 24.4 Å². The topological polar surface area (TPSA) is 83.4 Å². The molecule has 3 rings (SSSR count). The van der Waals surface area contributed by atoms with Gasteiger partial charge in [-0.05, 0) is 31.9 Å². The summed E-state index contributed by atoms with van der Waals surface area (Å²) in [5, 5.41) is 9.89. The number of aliphatic carboxylic acids is 1. The van der Waals surface area contributed by atoms with Gasteiger partial charge in [-0.3, -0.25) is 9.78 Å². The fraction of sp³-hybridized carbons (Fsp3) is 0.333. The fourth-order valence-electron chi connectivity index (χ4n) is 2.59. The number of hydrogen-bond acceptors (Lipinski definition) is 5. The minimum absolute atomic E-state index is 0.248. The Kier molecular flexibility index (Phi) is 3.89. The standard InChI is InChI=1S/C15H15N3O3S/c1-9-12(14(19)18-8-4-6-11(18)15(20)21)22-13(17-9)10-5-2-3-7-16-10/h2-3,5,7,11H,4,6,8H2,1H3,(H,20,21). The minimum Gasteiger partial charge on any atom is -0.480 e. The molecule has 1 aliphatic rings. The van der Waals surface area contributed by atoms with Gasteiger partial charge < -0.3 is 10.0 Å². The number of carboxylic acids is 1. The molecule has 1 fully saturated rings. The molecule has 1 amide bonds. The molecular weight excluding hydrogens is 302 g/mol. The van der Waals surface area contributed by atoms with Gasteiger partial charge in [0.2, 0.25) is 0 Å². The van der Waals surface area contributed by atoms with Crippen LogP contribution in [0.2, 0.25) is 0 Å². The summed E-state index contributed by atoms with van der Waals surface area (Å²) < 4.78 is 0. The molecule has 0 aliphatic carbocycles. The number of pyridine rings is 1. The zero-order valence-corrected chi connectivity index (χ0v) is 12.8. The van der Waals surface area contributed by atoms with E-state index in [2.05, 4.69) is 9.97 Å². The molecule has 0 aromatic carbocycles. The van der Waals surface area contributed by atoms with Gasteiger partial charge in [0.15, 0.2) is 0 Å². The van der Waals surface area contributed by atoms with Crippen LogP contribution < -0.4 is 0 Å². The lowest BCUT2D eigenvalue weighted by Gasteiger charge is -2.20. The number of carbonyl (C=O) groups is 2. The van der Waals surface area contributed by atoms with E-state index < -0.39 is 12.0 Å². The van der Waals surface area contributed by atoms with Gasteiger partial charge in [-0.15, -0.1) is 11.3 Å². The Hall–Kier alpha value is -2.28. The maximum atomic E-state index is 12.6. The van der Waals surface area contributed by atoms with E-state index in [1.165, 1.54) is 16.2 Å². The average molecular weight is 317 g/mol. The van der Waals surface area contributed by atoms with Gasteiger partial charge in [0.05, 0.1) is 11.4 Å². The van der Waals surface area contributed by atoms with Crippen LogP contribution in [-0.2, 0) is 4.79 Å². The number of aromatic nitrogens is 2.